The summed E-state index contributed by atoms with van der Waals surface area (Å²) in [6, 6.07) is 5.66. The van der Waals surface area contributed by atoms with Crippen molar-refractivity contribution in [2.75, 3.05) is 26.2 Å². The lowest BCUT2D eigenvalue weighted by molar-refractivity contribution is -0.135. The topological polar surface area (TPSA) is 58.4 Å². The predicted octanol–water partition coefficient (Wildman–Crippen LogP) is 2.68. The van der Waals surface area contributed by atoms with E-state index in [0.717, 1.165) is 36.8 Å². The summed E-state index contributed by atoms with van der Waals surface area (Å²) in [5, 5.41) is 0. The van der Waals surface area contributed by atoms with E-state index in [4.69, 9.17) is 0 Å². The number of rotatable bonds is 4. The van der Waals surface area contributed by atoms with Crippen molar-refractivity contribution in [2.45, 2.75) is 33.1 Å². The molecular weight excluding hydrogens is 328 g/mol. The first-order valence-corrected chi connectivity index (χ1v) is 9.54. The van der Waals surface area contributed by atoms with Gasteiger partial charge in [0.2, 0.25) is 5.91 Å². The normalized spacial score (nSPS) is 15.5. The molecule has 3 rings (SSSR count). The van der Waals surface area contributed by atoms with Gasteiger partial charge in [-0.05, 0) is 37.5 Å². The van der Waals surface area contributed by atoms with Crippen LogP contribution in [0.2, 0.25) is 0 Å². The number of benzene rings is 1. The average molecular weight is 356 g/mol. The number of hydrogen-bond acceptors (Lipinski definition) is 3. The smallest absolute Gasteiger partial charge is 0.253 e. The number of aryl methyl sites for hydroxylation is 1. The zero-order valence-electron chi connectivity index (χ0n) is 15.9. The summed E-state index contributed by atoms with van der Waals surface area (Å²) in [5.41, 5.74) is 2.51. The van der Waals surface area contributed by atoms with Crippen LogP contribution in [0.15, 0.2) is 24.5 Å². The molecule has 2 aromatic rings. The fourth-order valence-corrected chi connectivity index (χ4v) is 3.69. The Morgan fingerprint density at radius 1 is 1.08 bits per heavy atom. The summed E-state index contributed by atoms with van der Waals surface area (Å²) in [7, 11) is 1.94. The van der Waals surface area contributed by atoms with E-state index >= 15 is 0 Å². The molecule has 0 spiro atoms. The van der Waals surface area contributed by atoms with Crippen molar-refractivity contribution in [3.63, 3.8) is 0 Å². The van der Waals surface area contributed by atoms with Crippen LogP contribution in [0.3, 0.4) is 0 Å². The lowest BCUT2D eigenvalue weighted by Crippen LogP contribution is -2.39. The zero-order valence-corrected chi connectivity index (χ0v) is 15.9. The SMILES string of the molecule is CCC(CC)C(=O)N1CCCN(C(=O)c2ccc3c(c2)ncn3C)CC1. The zero-order chi connectivity index (χ0) is 18.7. The molecule has 2 heterocycles. The molecule has 0 N–H and O–H groups in total. The second kappa shape index (κ2) is 7.89. The highest BCUT2D eigenvalue weighted by atomic mass is 16.2. The van der Waals surface area contributed by atoms with Gasteiger partial charge >= 0.3 is 0 Å². The van der Waals surface area contributed by atoms with Crippen LogP contribution < -0.4 is 0 Å². The first-order chi connectivity index (χ1) is 12.5. The molecule has 1 saturated heterocycles. The van der Waals surface area contributed by atoms with Crippen molar-refractivity contribution in [3.05, 3.63) is 30.1 Å². The Bertz CT molecular complexity index is 794. The van der Waals surface area contributed by atoms with Gasteiger partial charge in [0.05, 0.1) is 17.4 Å². The molecule has 0 radical (unpaired) electrons. The maximum absolute atomic E-state index is 12.9. The Morgan fingerprint density at radius 3 is 2.50 bits per heavy atom. The molecule has 140 valence electrons. The minimum absolute atomic E-state index is 0.0226. The van der Waals surface area contributed by atoms with E-state index in [9.17, 15) is 9.59 Å². The van der Waals surface area contributed by atoms with Gasteiger partial charge in [-0.15, -0.1) is 0 Å². The van der Waals surface area contributed by atoms with Gasteiger partial charge in [-0.3, -0.25) is 9.59 Å². The number of nitrogens with zero attached hydrogens (tertiary/aromatic N) is 4. The first kappa shape index (κ1) is 18.4. The van der Waals surface area contributed by atoms with Crippen LogP contribution in [-0.2, 0) is 11.8 Å². The second-order valence-corrected chi connectivity index (χ2v) is 7.04. The van der Waals surface area contributed by atoms with Crippen molar-refractivity contribution in [2.24, 2.45) is 13.0 Å². The fraction of sp³-hybridized carbons (Fsp3) is 0.550. The molecule has 0 aliphatic carbocycles. The number of imidazole rings is 1. The summed E-state index contributed by atoms with van der Waals surface area (Å²) in [5.74, 6) is 0.359. The van der Waals surface area contributed by atoms with E-state index in [0.29, 0.717) is 25.2 Å². The van der Waals surface area contributed by atoms with E-state index in [-0.39, 0.29) is 17.7 Å². The molecule has 1 aromatic heterocycles. The molecule has 0 bridgehead atoms. The minimum Gasteiger partial charge on any atom is -0.341 e. The van der Waals surface area contributed by atoms with Gasteiger partial charge < -0.3 is 14.4 Å². The number of carbonyl (C=O) groups is 2. The van der Waals surface area contributed by atoms with Crippen LogP contribution >= 0.6 is 0 Å². The summed E-state index contributed by atoms with van der Waals surface area (Å²) in [6.45, 7) is 6.75. The third-order valence-corrected chi connectivity index (χ3v) is 5.40. The van der Waals surface area contributed by atoms with Crippen molar-refractivity contribution in [1.82, 2.24) is 19.4 Å². The minimum atomic E-state index is 0.0226. The highest BCUT2D eigenvalue weighted by Crippen LogP contribution is 2.18. The highest BCUT2D eigenvalue weighted by molar-refractivity contribution is 5.97. The van der Waals surface area contributed by atoms with Gasteiger partial charge in [0.25, 0.3) is 5.91 Å². The van der Waals surface area contributed by atoms with E-state index < -0.39 is 0 Å². The number of fused-ring (bicyclic) bond motifs is 1. The van der Waals surface area contributed by atoms with Crippen LogP contribution in [0.1, 0.15) is 43.5 Å². The fourth-order valence-electron chi connectivity index (χ4n) is 3.69. The average Bonchev–Trinajstić information content (AvgIpc) is 2.87. The van der Waals surface area contributed by atoms with Gasteiger partial charge in [-0.25, -0.2) is 4.98 Å². The Balaban J connectivity index is 1.69. The Labute approximate surface area is 154 Å². The van der Waals surface area contributed by atoms with Gasteiger partial charge in [0, 0.05) is 44.7 Å². The van der Waals surface area contributed by atoms with Crippen LogP contribution in [0.4, 0.5) is 0 Å². The van der Waals surface area contributed by atoms with Crippen LogP contribution in [0.25, 0.3) is 11.0 Å². The number of aromatic nitrogens is 2. The highest BCUT2D eigenvalue weighted by Gasteiger charge is 2.26. The third kappa shape index (κ3) is 3.59. The van der Waals surface area contributed by atoms with Crippen LogP contribution in [0.5, 0.6) is 0 Å². The summed E-state index contributed by atoms with van der Waals surface area (Å²) in [6.07, 6.45) is 4.33. The molecule has 26 heavy (non-hydrogen) atoms. The molecule has 1 aliphatic heterocycles. The monoisotopic (exact) mass is 356 g/mol. The van der Waals surface area contributed by atoms with Crippen LogP contribution in [0, 0.1) is 5.92 Å². The molecule has 0 atom stereocenters. The predicted molar refractivity (Wildman–Crippen MR) is 102 cm³/mol. The summed E-state index contributed by atoms with van der Waals surface area (Å²) in [4.78, 5) is 33.7. The van der Waals surface area contributed by atoms with Gasteiger partial charge in [-0.2, -0.15) is 0 Å². The maximum atomic E-state index is 12.9. The molecule has 0 unspecified atom stereocenters. The largest absolute Gasteiger partial charge is 0.341 e. The molecule has 1 fully saturated rings. The molecule has 0 saturated carbocycles. The van der Waals surface area contributed by atoms with Crippen LogP contribution in [-0.4, -0.2) is 57.3 Å². The molecule has 6 nitrogen and oxygen atoms in total. The summed E-state index contributed by atoms with van der Waals surface area (Å²) < 4.78 is 1.94. The first-order valence-electron chi connectivity index (χ1n) is 9.54. The second-order valence-electron chi connectivity index (χ2n) is 7.04. The third-order valence-electron chi connectivity index (χ3n) is 5.40. The summed E-state index contributed by atoms with van der Waals surface area (Å²) >= 11 is 0. The quantitative estimate of drug-likeness (QED) is 0.846. The molecule has 2 amide bonds. The number of amides is 2. The lowest BCUT2D eigenvalue weighted by atomic mass is 10.0. The van der Waals surface area contributed by atoms with E-state index in [1.165, 1.54) is 0 Å². The number of hydrogen-bond donors (Lipinski definition) is 0. The van der Waals surface area contributed by atoms with E-state index in [2.05, 4.69) is 18.8 Å². The molecule has 1 aromatic carbocycles. The maximum Gasteiger partial charge on any atom is 0.253 e. The van der Waals surface area contributed by atoms with Gasteiger partial charge in [0.1, 0.15) is 0 Å². The molecule has 6 heteroatoms. The molecular formula is C20H28N4O2. The molecule has 1 aliphatic rings. The standard InChI is InChI=1S/C20H28N4O2/c1-4-15(5-2)19(25)23-9-6-10-24(12-11-23)20(26)16-7-8-18-17(13-16)21-14-22(18)3/h7-8,13-15H,4-6,9-12H2,1-3H3. The van der Waals surface area contributed by atoms with Crippen molar-refractivity contribution in [3.8, 4) is 0 Å². The number of carbonyl (C=O) groups excluding carboxylic acids is 2. The lowest BCUT2D eigenvalue weighted by Gasteiger charge is -2.25. The van der Waals surface area contributed by atoms with Gasteiger partial charge in [-0.1, -0.05) is 13.8 Å². The van der Waals surface area contributed by atoms with Crippen molar-refractivity contribution < 1.29 is 9.59 Å². The van der Waals surface area contributed by atoms with E-state index in [1.807, 2.05) is 39.6 Å². The van der Waals surface area contributed by atoms with E-state index in [1.54, 1.807) is 6.33 Å². The van der Waals surface area contributed by atoms with Crippen molar-refractivity contribution >= 4 is 22.8 Å². The Morgan fingerprint density at radius 2 is 1.77 bits per heavy atom. The Hall–Kier alpha value is -2.37. The van der Waals surface area contributed by atoms with Crippen molar-refractivity contribution in [1.29, 1.82) is 0 Å². The Kier molecular flexibility index (Phi) is 5.59. The van der Waals surface area contributed by atoms with Gasteiger partial charge in [0.15, 0.2) is 0 Å².